The van der Waals surface area contributed by atoms with Gasteiger partial charge in [0.05, 0.1) is 19.8 Å². The van der Waals surface area contributed by atoms with E-state index in [4.69, 9.17) is 14.2 Å². The van der Waals surface area contributed by atoms with E-state index >= 15 is 0 Å². The highest BCUT2D eigenvalue weighted by atomic mass is 16.5. The van der Waals surface area contributed by atoms with Crippen LogP contribution in [0.15, 0.2) is 42.6 Å². The van der Waals surface area contributed by atoms with Crippen LogP contribution in [-0.2, 0) is 4.74 Å². The van der Waals surface area contributed by atoms with Crippen molar-refractivity contribution in [3.8, 4) is 11.5 Å². The van der Waals surface area contributed by atoms with Crippen molar-refractivity contribution in [2.45, 2.75) is 13.0 Å². The summed E-state index contributed by atoms with van der Waals surface area (Å²) in [5.41, 5.74) is 0.895. The van der Waals surface area contributed by atoms with Crippen molar-refractivity contribution in [1.82, 2.24) is 10.3 Å². The second kappa shape index (κ2) is 9.48. The van der Waals surface area contributed by atoms with Crippen molar-refractivity contribution < 1.29 is 19.0 Å². The van der Waals surface area contributed by atoms with E-state index < -0.39 is 0 Å². The van der Waals surface area contributed by atoms with Crippen LogP contribution in [0.4, 0.5) is 10.6 Å². The summed E-state index contributed by atoms with van der Waals surface area (Å²) in [4.78, 5) is 16.1. The Morgan fingerprint density at radius 3 is 2.68 bits per heavy atom. The number of rotatable bonds is 8. The number of carbonyl (C=O) groups excluding carboxylic acids is 1. The number of benzene rings is 1. The number of amides is 2. The number of hydrogen-bond donors (Lipinski definition) is 2. The predicted octanol–water partition coefficient (Wildman–Crippen LogP) is 3.00. The van der Waals surface area contributed by atoms with Crippen molar-refractivity contribution in [1.29, 1.82) is 0 Å². The highest BCUT2D eigenvalue weighted by molar-refractivity contribution is 5.88. The van der Waals surface area contributed by atoms with E-state index in [2.05, 4.69) is 15.6 Å². The molecule has 1 aromatic heterocycles. The molecule has 1 aromatic carbocycles. The van der Waals surface area contributed by atoms with Gasteiger partial charge in [-0.05, 0) is 36.8 Å². The molecular formula is C18H23N3O4. The van der Waals surface area contributed by atoms with E-state index in [9.17, 15) is 4.79 Å². The maximum atomic E-state index is 12.1. The smallest absolute Gasteiger partial charge is 0.320 e. The Balaban J connectivity index is 1.98. The number of hydrogen-bond acceptors (Lipinski definition) is 5. The van der Waals surface area contributed by atoms with Gasteiger partial charge in [-0.1, -0.05) is 12.1 Å². The molecule has 0 saturated heterocycles. The molecule has 0 radical (unpaired) electrons. The first-order valence-electron chi connectivity index (χ1n) is 7.92. The van der Waals surface area contributed by atoms with Gasteiger partial charge in [-0.15, -0.1) is 0 Å². The molecule has 0 bridgehead atoms. The first kappa shape index (κ1) is 18.5. The molecule has 7 nitrogen and oxygen atoms in total. The predicted molar refractivity (Wildman–Crippen MR) is 95.2 cm³/mol. The van der Waals surface area contributed by atoms with Crippen LogP contribution in [-0.4, -0.2) is 38.4 Å². The summed E-state index contributed by atoms with van der Waals surface area (Å²) in [5.74, 6) is 1.73. The molecule has 0 unspecified atom stereocenters. The lowest BCUT2D eigenvalue weighted by atomic mass is 10.1. The second-order valence-corrected chi connectivity index (χ2v) is 5.29. The van der Waals surface area contributed by atoms with E-state index in [1.54, 1.807) is 38.6 Å². The molecule has 0 aliphatic carbocycles. The molecule has 25 heavy (non-hydrogen) atoms. The molecule has 2 rings (SSSR count). The minimum Gasteiger partial charge on any atom is -0.493 e. The number of aromatic nitrogens is 1. The minimum absolute atomic E-state index is 0.217. The molecule has 2 aromatic rings. The van der Waals surface area contributed by atoms with Crippen LogP contribution in [0.1, 0.15) is 18.5 Å². The van der Waals surface area contributed by atoms with Gasteiger partial charge in [0.2, 0.25) is 0 Å². The zero-order valence-corrected chi connectivity index (χ0v) is 14.6. The van der Waals surface area contributed by atoms with Gasteiger partial charge < -0.3 is 19.5 Å². The van der Waals surface area contributed by atoms with Gasteiger partial charge in [-0.25, -0.2) is 9.78 Å². The second-order valence-electron chi connectivity index (χ2n) is 5.29. The Morgan fingerprint density at radius 1 is 1.16 bits per heavy atom. The van der Waals surface area contributed by atoms with Crippen molar-refractivity contribution >= 4 is 11.8 Å². The molecule has 0 spiro atoms. The maximum Gasteiger partial charge on any atom is 0.320 e. The summed E-state index contributed by atoms with van der Waals surface area (Å²) in [6.45, 7) is 2.82. The van der Waals surface area contributed by atoms with Crippen molar-refractivity contribution in [3.63, 3.8) is 0 Å². The number of nitrogens with zero attached hydrogens (tertiary/aromatic N) is 1. The van der Waals surface area contributed by atoms with Crippen LogP contribution in [0, 0.1) is 0 Å². The van der Waals surface area contributed by atoms with E-state index in [0.717, 1.165) is 5.56 Å². The molecule has 2 amide bonds. The van der Waals surface area contributed by atoms with Gasteiger partial charge in [0, 0.05) is 13.3 Å². The number of pyridine rings is 1. The SMILES string of the molecule is COCCOc1ccc([C@H](C)NC(=O)Nc2ccccn2)cc1OC. The van der Waals surface area contributed by atoms with Gasteiger partial charge in [-0.2, -0.15) is 0 Å². The van der Waals surface area contributed by atoms with Crippen LogP contribution in [0.2, 0.25) is 0 Å². The molecule has 134 valence electrons. The van der Waals surface area contributed by atoms with Crippen LogP contribution < -0.4 is 20.1 Å². The third kappa shape index (κ3) is 5.65. The van der Waals surface area contributed by atoms with Gasteiger partial charge in [0.25, 0.3) is 0 Å². The summed E-state index contributed by atoms with van der Waals surface area (Å²) >= 11 is 0. The fourth-order valence-electron chi connectivity index (χ4n) is 2.18. The Bertz CT molecular complexity index is 679. The van der Waals surface area contributed by atoms with Crippen molar-refractivity contribution in [3.05, 3.63) is 48.2 Å². The molecular weight excluding hydrogens is 322 g/mol. The van der Waals surface area contributed by atoms with Gasteiger partial charge >= 0.3 is 6.03 Å². The molecule has 2 N–H and O–H groups in total. The summed E-state index contributed by atoms with van der Waals surface area (Å²) in [7, 11) is 3.20. The number of carbonyl (C=O) groups is 1. The average molecular weight is 345 g/mol. The Labute approximate surface area is 147 Å². The summed E-state index contributed by atoms with van der Waals surface area (Å²) < 4.78 is 15.9. The molecule has 7 heteroatoms. The van der Waals surface area contributed by atoms with E-state index in [1.807, 2.05) is 25.1 Å². The average Bonchev–Trinajstić information content (AvgIpc) is 2.62. The molecule has 0 aliphatic heterocycles. The Morgan fingerprint density at radius 2 is 2.00 bits per heavy atom. The topological polar surface area (TPSA) is 81.7 Å². The van der Waals surface area contributed by atoms with Crippen LogP contribution in [0.25, 0.3) is 0 Å². The van der Waals surface area contributed by atoms with Crippen LogP contribution in [0.3, 0.4) is 0 Å². The number of anilines is 1. The van der Waals surface area contributed by atoms with E-state index in [1.165, 1.54) is 0 Å². The van der Waals surface area contributed by atoms with Gasteiger partial charge in [0.15, 0.2) is 11.5 Å². The molecule has 1 heterocycles. The lowest BCUT2D eigenvalue weighted by molar-refractivity contribution is 0.144. The lowest BCUT2D eigenvalue weighted by Gasteiger charge is -2.17. The Hall–Kier alpha value is -2.80. The summed E-state index contributed by atoms with van der Waals surface area (Å²) in [6.07, 6.45) is 1.62. The standard InChI is InChI=1S/C18H23N3O4/c1-13(20-18(22)21-17-6-4-5-9-19-17)14-7-8-15(16(12-14)24-3)25-11-10-23-2/h4-9,12-13H,10-11H2,1-3H3,(H2,19,20,21,22)/t13-/m0/s1. The highest BCUT2D eigenvalue weighted by Gasteiger charge is 2.13. The fraction of sp³-hybridized carbons (Fsp3) is 0.333. The van der Waals surface area contributed by atoms with Crippen LogP contribution >= 0.6 is 0 Å². The van der Waals surface area contributed by atoms with E-state index in [0.29, 0.717) is 30.5 Å². The lowest BCUT2D eigenvalue weighted by Crippen LogP contribution is -2.31. The number of urea groups is 1. The minimum atomic E-state index is -0.328. The van der Waals surface area contributed by atoms with E-state index in [-0.39, 0.29) is 12.1 Å². The first-order chi connectivity index (χ1) is 12.1. The van der Waals surface area contributed by atoms with Crippen LogP contribution in [0.5, 0.6) is 11.5 Å². The van der Waals surface area contributed by atoms with Crippen molar-refractivity contribution in [2.24, 2.45) is 0 Å². The first-order valence-corrected chi connectivity index (χ1v) is 7.92. The van der Waals surface area contributed by atoms with Crippen molar-refractivity contribution in [2.75, 3.05) is 32.8 Å². The molecule has 0 aliphatic rings. The third-order valence-electron chi connectivity index (χ3n) is 3.49. The van der Waals surface area contributed by atoms with Gasteiger partial charge in [-0.3, -0.25) is 5.32 Å². The maximum absolute atomic E-state index is 12.1. The fourth-order valence-corrected chi connectivity index (χ4v) is 2.18. The zero-order chi connectivity index (χ0) is 18.1. The third-order valence-corrected chi connectivity index (χ3v) is 3.49. The summed E-state index contributed by atoms with van der Waals surface area (Å²) in [5, 5.41) is 5.55. The normalized spacial score (nSPS) is 11.5. The Kier molecular flexibility index (Phi) is 7.03. The molecule has 1 atom stereocenters. The number of nitrogens with one attached hydrogen (secondary N) is 2. The monoisotopic (exact) mass is 345 g/mol. The number of ether oxygens (including phenoxy) is 3. The summed E-state index contributed by atoms with van der Waals surface area (Å²) in [6, 6.07) is 10.3. The van der Waals surface area contributed by atoms with Gasteiger partial charge in [0.1, 0.15) is 12.4 Å². The number of methoxy groups -OCH3 is 2. The highest BCUT2D eigenvalue weighted by Crippen LogP contribution is 2.30. The largest absolute Gasteiger partial charge is 0.493 e. The molecule has 0 fully saturated rings. The zero-order valence-electron chi connectivity index (χ0n) is 14.6. The molecule has 0 saturated carbocycles. The quantitative estimate of drug-likeness (QED) is 0.719.